The van der Waals surface area contributed by atoms with E-state index in [1.165, 1.54) is 5.56 Å². The third kappa shape index (κ3) is 2.44. The Balaban J connectivity index is 1.77. The molecule has 1 N–H and O–H groups in total. The molecule has 5 heteroatoms. The Bertz CT molecular complexity index is 800. The molecule has 1 aromatic heterocycles. The van der Waals surface area contributed by atoms with Gasteiger partial charge in [-0.2, -0.15) is 10.1 Å². The molecule has 3 aromatic rings. The lowest BCUT2D eigenvalue weighted by Crippen LogP contribution is -2.28. The van der Waals surface area contributed by atoms with Crippen LogP contribution in [0.1, 0.15) is 29.6 Å². The first kappa shape index (κ1) is 13.8. The number of methoxy groups -OCH3 is 1. The van der Waals surface area contributed by atoms with Gasteiger partial charge in [0.15, 0.2) is 0 Å². The number of nitrogens with zero attached hydrogens (tertiary/aromatic N) is 3. The van der Waals surface area contributed by atoms with Crippen molar-refractivity contribution >= 4 is 5.95 Å². The maximum atomic E-state index is 5.55. The van der Waals surface area contributed by atoms with Crippen LogP contribution in [0.15, 0.2) is 60.9 Å². The zero-order valence-corrected chi connectivity index (χ0v) is 12.9. The Hall–Kier alpha value is -2.82. The summed E-state index contributed by atoms with van der Waals surface area (Å²) >= 11 is 0. The summed E-state index contributed by atoms with van der Waals surface area (Å²) < 4.78 is 7.49. The summed E-state index contributed by atoms with van der Waals surface area (Å²) in [7, 11) is 1.71. The number of ether oxygens (including phenoxy) is 1. The van der Waals surface area contributed by atoms with Crippen LogP contribution in [-0.2, 0) is 0 Å². The van der Waals surface area contributed by atoms with Crippen LogP contribution in [0.3, 0.4) is 0 Å². The first-order valence-electron chi connectivity index (χ1n) is 7.70. The van der Waals surface area contributed by atoms with Gasteiger partial charge < -0.3 is 10.1 Å². The van der Waals surface area contributed by atoms with Crippen molar-refractivity contribution < 1.29 is 4.74 Å². The highest BCUT2D eigenvalue weighted by Gasteiger charge is 2.31. The molecule has 2 atom stereocenters. The van der Waals surface area contributed by atoms with Crippen LogP contribution in [0.5, 0.6) is 5.75 Å². The Labute approximate surface area is 134 Å². The van der Waals surface area contributed by atoms with Crippen molar-refractivity contribution in [3.8, 4) is 5.75 Å². The molecule has 0 bridgehead atoms. The van der Waals surface area contributed by atoms with Gasteiger partial charge in [0, 0.05) is 5.56 Å². The summed E-state index contributed by atoms with van der Waals surface area (Å²) in [6.07, 6.45) is 2.48. The number of nitrogens with one attached hydrogen (secondary N) is 1. The Kier molecular flexibility index (Phi) is 3.46. The lowest BCUT2D eigenvalue weighted by molar-refractivity contribution is 0.380. The fraction of sp³-hybridized carbons (Fsp3) is 0.222. The van der Waals surface area contributed by atoms with Crippen LogP contribution in [0.2, 0.25) is 0 Å². The van der Waals surface area contributed by atoms with E-state index in [2.05, 4.69) is 45.7 Å². The number of hydrogen-bond donors (Lipinski definition) is 1. The average molecular weight is 306 g/mol. The second kappa shape index (κ2) is 5.76. The normalized spacial score (nSPS) is 19.7. The molecule has 1 aliphatic rings. The topological polar surface area (TPSA) is 52.0 Å². The molecule has 116 valence electrons. The van der Waals surface area contributed by atoms with E-state index in [1.54, 1.807) is 13.4 Å². The number of aromatic nitrogens is 3. The molecule has 0 spiro atoms. The Morgan fingerprint density at radius 1 is 1.09 bits per heavy atom. The molecule has 0 amide bonds. The number of anilines is 1. The number of para-hydroxylation sites is 1. The smallest absolute Gasteiger partial charge is 0.222 e. The molecular weight excluding hydrogens is 288 g/mol. The molecule has 23 heavy (non-hydrogen) atoms. The van der Waals surface area contributed by atoms with Gasteiger partial charge in [-0.1, -0.05) is 48.5 Å². The predicted molar refractivity (Wildman–Crippen MR) is 88.6 cm³/mol. The van der Waals surface area contributed by atoms with E-state index in [0.717, 1.165) is 23.7 Å². The zero-order chi connectivity index (χ0) is 15.6. The van der Waals surface area contributed by atoms with Gasteiger partial charge >= 0.3 is 0 Å². The zero-order valence-electron chi connectivity index (χ0n) is 12.9. The van der Waals surface area contributed by atoms with Crippen molar-refractivity contribution in [1.82, 2.24) is 14.8 Å². The second-order valence-electron chi connectivity index (χ2n) is 5.63. The van der Waals surface area contributed by atoms with Crippen LogP contribution >= 0.6 is 0 Å². The molecule has 5 nitrogen and oxygen atoms in total. The van der Waals surface area contributed by atoms with E-state index in [1.807, 2.05) is 28.9 Å². The van der Waals surface area contributed by atoms with Crippen LogP contribution in [-0.4, -0.2) is 21.9 Å². The fourth-order valence-corrected chi connectivity index (χ4v) is 3.22. The molecular formula is C18H18N4O. The summed E-state index contributed by atoms with van der Waals surface area (Å²) in [5.74, 6) is 1.67. The fourth-order valence-electron chi connectivity index (χ4n) is 3.22. The molecule has 2 heterocycles. The summed E-state index contributed by atoms with van der Waals surface area (Å²) in [6.45, 7) is 0. The summed E-state index contributed by atoms with van der Waals surface area (Å²) in [5.41, 5.74) is 2.38. The number of hydrogen-bond acceptors (Lipinski definition) is 4. The van der Waals surface area contributed by atoms with Crippen molar-refractivity contribution in [3.63, 3.8) is 0 Å². The summed E-state index contributed by atoms with van der Waals surface area (Å²) in [6, 6.07) is 18.8. The third-order valence-corrected chi connectivity index (χ3v) is 4.33. The first-order valence-corrected chi connectivity index (χ1v) is 7.70. The van der Waals surface area contributed by atoms with Crippen LogP contribution < -0.4 is 10.1 Å². The Morgan fingerprint density at radius 2 is 1.87 bits per heavy atom. The highest BCUT2D eigenvalue weighted by atomic mass is 16.5. The lowest BCUT2D eigenvalue weighted by Gasteiger charge is -2.32. The average Bonchev–Trinajstić information content (AvgIpc) is 3.10. The maximum absolute atomic E-state index is 5.55. The molecule has 1 aliphatic heterocycles. The van der Waals surface area contributed by atoms with E-state index in [4.69, 9.17) is 4.74 Å². The predicted octanol–water partition coefficient (Wildman–Crippen LogP) is 3.43. The summed E-state index contributed by atoms with van der Waals surface area (Å²) in [4.78, 5) is 4.36. The van der Waals surface area contributed by atoms with Gasteiger partial charge in [-0.15, -0.1) is 0 Å². The standard InChI is InChI=1S/C18H18N4O/c1-23-17-10-6-5-9-14(17)16-11-15(13-7-3-2-4-8-13)21-18-19-12-20-22(16)18/h2-10,12,15-16H,11H2,1H3,(H,19,20,21)/t15-,16+/m1/s1. The van der Waals surface area contributed by atoms with Gasteiger partial charge in [-0.05, 0) is 18.1 Å². The molecule has 0 aliphatic carbocycles. The third-order valence-electron chi connectivity index (χ3n) is 4.33. The minimum Gasteiger partial charge on any atom is -0.496 e. The SMILES string of the molecule is COc1ccccc1[C@@H]1C[C@H](c2ccccc2)Nc2ncnn21. The molecule has 0 unspecified atom stereocenters. The minimum absolute atomic E-state index is 0.0927. The van der Waals surface area contributed by atoms with E-state index in [-0.39, 0.29) is 12.1 Å². The first-order chi connectivity index (χ1) is 11.4. The van der Waals surface area contributed by atoms with Crippen molar-refractivity contribution in [3.05, 3.63) is 72.1 Å². The van der Waals surface area contributed by atoms with Crippen LogP contribution in [0, 0.1) is 0 Å². The molecule has 2 aromatic carbocycles. The van der Waals surface area contributed by atoms with Crippen LogP contribution in [0.4, 0.5) is 5.95 Å². The highest BCUT2D eigenvalue weighted by Crippen LogP contribution is 2.40. The molecule has 4 rings (SSSR count). The molecule has 0 fully saturated rings. The van der Waals surface area contributed by atoms with Gasteiger partial charge in [0.1, 0.15) is 12.1 Å². The number of fused-ring (bicyclic) bond motifs is 1. The summed E-state index contributed by atoms with van der Waals surface area (Å²) in [5, 5.41) is 7.88. The van der Waals surface area contributed by atoms with Crippen LogP contribution in [0.25, 0.3) is 0 Å². The van der Waals surface area contributed by atoms with Gasteiger partial charge in [-0.25, -0.2) is 4.68 Å². The largest absolute Gasteiger partial charge is 0.496 e. The second-order valence-corrected chi connectivity index (χ2v) is 5.63. The quantitative estimate of drug-likeness (QED) is 0.805. The van der Waals surface area contributed by atoms with E-state index in [9.17, 15) is 0 Å². The number of benzene rings is 2. The highest BCUT2D eigenvalue weighted by molar-refractivity contribution is 5.42. The monoisotopic (exact) mass is 306 g/mol. The van der Waals surface area contributed by atoms with E-state index < -0.39 is 0 Å². The lowest BCUT2D eigenvalue weighted by atomic mass is 9.93. The number of rotatable bonds is 3. The van der Waals surface area contributed by atoms with Gasteiger partial charge in [-0.3, -0.25) is 0 Å². The molecule has 0 radical (unpaired) electrons. The van der Waals surface area contributed by atoms with Crippen molar-refractivity contribution in [2.24, 2.45) is 0 Å². The van der Waals surface area contributed by atoms with Gasteiger partial charge in [0.2, 0.25) is 5.95 Å². The molecule has 0 saturated carbocycles. The van der Waals surface area contributed by atoms with Gasteiger partial charge in [0.25, 0.3) is 0 Å². The van der Waals surface area contributed by atoms with Crippen molar-refractivity contribution in [1.29, 1.82) is 0 Å². The van der Waals surface area contributed by atoms with Gasteiger partial charge in [0.05, 0.1) is 19.2 Å². The van der Waals surface area contributed by atoms with E-state index >= 15 is 0 Å². The maximum Gasteiger partial charge on any atom is 0.222 e. The minimum atomic E-state index is 0.0927. The Morgan fingerprint density at radius 3 is 2.70 bits per heavy atom. The molecule has 0 saturated heterocycles. The van der Waals surface area contributed by atoms with Crippen molar-refractivity contribution in [2.45, 2.75) is 18.5 Å². The van der Waals surface area contributed by atoms with E-state index in [0.29, 0.717) is 0 Å². The van der Waals surface area contributed by atoms with Crippen molar-refractivity contribution in [2.75, 3.05) is 12.4 Å².